The van der Waals surface area contributed by atoms with Crippen LogP contribution in [0.5, 0.6) is 0 Å². The molecule has 0 fully saturated rings. The zero-order valence-electron chi connectivity index (χ0n) is 19.6. The molecule has 0 radical (unpaired) electrons. The number of nitriles is 1. The number of fused-ring (bicyclic) bond motifs is 3. The van der Waals surface area contributed by atoms with E-state index >= 15 is 0 Å². The lowest BCUT2D eigenvalue weighted by molar-refractivity contribution is 0.103. The van der Waals surface area contributed by atoms with Crippen LogP contribution in [0.4, 0.5) is 10.7 Å². The van der Waals surface area contributed by atoms with Crippen molar-refractivity contribution < 1.29 is 4.79 Å². The quantitative estimate of drug-likeness (QED) is 0.339. The van der Waals surface area contributed by atoms with Crippen LogP contribution >= 0.6 is 22.7 Å². The van der Waals surface area contributed by atoms with Crippen LogP contribution < -0.4 is 11.1 Å². The topological polar surface area (TPSA) is 91.8 Å². The monoisotopic (exact) mass is 498 g/mol. The molecular weight excluding hydrogens is 472 g/mol. The first-order valence-electron chi connectivity index (χ1n) is 12.1. The molecule has 0 saturated heterocycles. The predicted molar refractivity (Wildman–Crippen MR) is 143 cm³/mol. The van der Waals surface area contributed by atoms with Crippen molar-refractivity contribution in [2.75, 3.05) is 11.1 Å². The van der Waals surface area contributed by atoms with Crippen molar-refractivity contribution >= 4 is 49.5 Å². The van der Waals surface area contributed by atoms with Crippen LogP contribution in [0, 0.1) is 17.2 Å². The van der Waals surface area contributed by atoms with Gasteiger partial charge in [0, 0.05) is 16.0 Å². The van der Waals surface area contributed by atoms with Gasteiger partial charge in [0.15, 0.2) is 0 Å². The van der Waals surface area contributed by atoms with Gasteiger partial charge >= 0.3 is 0 Å². The van der Waals surface area contributed by atoms with Gasteiger partial charge in [-0.15, -0.1) is 22.7 Å². The number of nitrogen functional groups attached to an aromatic ring is 1. The third-order valence-corrected chi connectivity index (χ3v) is 9.70. The molecule has 0 spiro atoms. The maximum Gasteiger partial charge on any atom is 0.268 e. The number of nitrogens with one attached hydrogen (secondary N) is 1. The summed E-state index contributed by atoms with van der Waals surface area (Å²) < 4.78 is 0. The lowest BCUT2D eigenvalue weighted by Crippen LogP contribution is -2.13. The summed E-state index contributed by atoms with van der Waals surface area (Å²) in [6.07, 6.45) is 5.88. The minimum atomic E-state index is -0.258. The van der Waals surface area contributed by atoms with Crippen LogP contribution in [0.25, 0.3) is 10.2 Å². The van der Waals surface area contributed by atoms with E-state index in [-0.39, 0.29) is 5.91 Å². The zero-order chi connectivity index (χ0) is 24.1. The van der Waals surface area contributed by atoms with Gasteiger partial charge in [0.05, 0.1) is 11.3 Å². The first-order chi connectivity index (χ1) is 17.0. The van der Waals surface area contributed by atoms with Crippen molar-refractivity contribution in [3.8, 4) is 6.07 Å². The molecule has 2 aliphatic rings. The number of carbonyl (C=O) groups excluding carboxylic acids is 1. The molecule has 4 aromatic rings. The van der Waals surface area contributed by atoms with E-state index in [1.54, 1.807) is 0 Å². The molecule has 3 aromatic heterocycles. The van der Waals surface area contributed by atoms with E-state index in [0.29, 0.717) is 33.0 Å². The second kappa shape index (κ2) is 8.78. The Labute approximate surface area is 212 Å². The smallest absolute Gasteiger partial charge is 0.268 e. The number of rotatable bonds is 3. The SMILES string of the molecule is CC1CCc2nc3sc(C(=O)Nc4sc5c(c4C#N)CCC(c4ccccc4)C5)c(N)c3cc2C1. The van der Waals surface area contributed by atoms with Crippen LogP contribution in [0.3, 0.4) is 0 Å². The third-order valence-electron chi connectivity index (χ3n) is 7.41. The normalized spacial score (nSPS) is 19.1. The molecule has 1 amide bonds. The highest BCUT2D eigenvalue weighted by atomic mass is 32.1. The Morgan fingerprint density at radius 2 is 2.00 bits per heavy atom. The van der Waals surface area contributed by atoms with Gasteiger partial charge in [-0.05, 0) is 73.1 Å². The Morgan fingerprint density at radius 3 is 2.80 bits per heavy atom. The van der Waals surface area contributed by atoms with Crippen molar-refractivity contribution in [2.24, 2.45) is 5.92 Å². The molecule has 1 aromatic carbocycles. The summed E-state index contributed by atoms with van der Waals surface area (Å²) in [5, 5.41) is 14.4. The molecule has 3 heterocycles. The van der Waals surface area contributed by atoms with E-state index < -0.39 is 0 Å². The molecular formula is C28H26N4OS2. The Kier molecular flexibility index (Phi) is 5.58. The van der Waals surface area contributed by atoms with Gasteiger partial charge in [-0.2, -0.15) is 5.26 Å². The fourth-order valence-electron chi connectivity index (χ4n) is 5.50. The van der Waals surface area contributed by atoms with Crippen molar-refractivity contribution in [2.45, 2.75) is 51.4 Å². The summed E-state index contributed by atoms with van der Waals surface area (Å²) in [4.78, 5) is 20.7. The second-order valence-electron chi connectivity index (χ2n) is 9.76. The molecule has 5 nitrogen and oxygen atoms in total. The van der Waals surface area contributed by atoms with Gasteiger partial charge in [-0.25, -0.2) is 4.98 Å². The standard InChI is InChI=1S/C28H26N4OS2/c1-15-7-10-22-18(11-15)12-20-24(30)25(35-27(20)31-22)26(33)32-28-21(14-29)19-9-8-17(13-23(19)34-28)16-5-3-2-4-6-16/h2-6,12,15,17H,7-11,13,30H2,1H3,(H,32,33). The average Bonchev–Trinajstić information content (AvgIpc) is 3.39. The Morgan fingerprint density at radius 1 is 1.17 bits per heavy atom. The number of nitrogens with zero attached hydrogens (tertiary/aromatic N) is 2. The fraction of sp³-hybridized carbons (Fsp3) is 0.321. The molecule has 176 valence electrons. The minimum Gasteiger partial charge on any atom is -0.397 e. The summed E-state index contributed by atoms with van der Waals surface area (Å²) in [6, 6.07) is 15.0. The largest absolute Gasteiger partial charge is 0.397 e. The van der Waals surface area contributed by atoms with E-state index in [4.69, 9.17) is 10.7 Å². The highest BCUT2D eigenvalue weighted by molar-refractivity contribution is 7.21. The zero-order valence-corrected chi connectivity index (χ0v) is 21.2. The van der Waals surface area contributed by atoms with Crippen LogP contribution in [-0.2, 0) is 25.7 Å². The number of amides is 1. The highest BCUT2D eigenvalue weighted by Gasteiger charge is 2.28. The number of nitrogens with two attached hydrogens (primary N) is 1. The molecule has 0 bridgehead atoms. The van der Waals surface area contributed by atoms with Crippen LogP contribution in [0.15, 0.2) is 36.4 Å². The molecule has 3 N–H and O–H groups in total. The first kappa shape index (κ1) is 22.3. The Hall–Kier alpha value is -3.21. The third kappa shape index (κ3) is 3.91. The number of benzene rings is 1. The summed E-state index contributed by atoms with van der Waals surface area (Å²) in [5.74, 6) is 0.821. The van der Waals surface area contributed by atoms with Crippen molar-refractivity contribution in [3.05, 3.63) is 74.1 Å². The van der Waals surface area contributed by atoms with Gasteiger partial charge in [0.25, 0.3) is 5.91 Å². The molecule has 35 heavy (non-hydrogen) atoms. The summed E-state index contributed by atoms with van der Waals surface area (Å²) in [5.41, 5.74) is 12.4. The Balaban J connectivity index is 1.29. The molecule has 6 rings (SSSR count). The highest BCUT2D eigenvalue weighted by Crippen LogP contribution is 2.43. The van der Waals surface area contributed by atoms with Crippen molar-refractivity contribution in [1.29, 1.82) is 5.26 Å². The van der Waals surface area contributed by atoms with E-state index in [1.807, 2.05) is 6.07 Å². The summed E-state index contributed by atoms with van der Waals surface area (Å²) >= 11 is 2.88. The predicted octanol–water partition coefficient (Wildman–Crippen LogP) is 6.46. The number of aromatic nitrogens is 1. The number of aryl methyl sites for hydroxylation is 1. The lowest BCUT2D eigenvalue weighted by atomic mass is 9.83. The minimum absolute atomic E-state index is 0.258. The number of thiophene rings is 2. The van der Waals surface area contributed by atoms with Crippen molar-refractivity contribution in [3.63, 3.8) is 0 Å². The molecule has 0 aliphatic heterocycles. The van der Waals surface area contributed by atoms with E-state index in [9.17, 15) is 10.1 Å². The van der Waals surface area contributed by atoms with Gasteiger partial charge in [-0.1, -0.05) is 37.3 Å². The summed E-state index contributed by atoms with van der Waals surface area (Å²) in [7, 11) is 0. The van der Waals surface area contributed by atoms with Gasteiger partial charge in [0.2, 0.25) is 0 Å². The molecule has 2 unspecified atom stereocenters. The fourth-order valence-corrected chi connectivity index (χ4v) is 7.77. The number of pyridine rings is 1. The van der Waals surface area contributed by atoms with E-state index in [0.717, 1.165) is 60.0 Å². The van der Waals surface area contributed by atoms with Crippen molar-refractivity contribution in [1.82, 2.24) is 4.98 Å². The number of carbonyl (C=O) groups is 1. The van der Waals surface area contributed by atoms with E-state index in [2.05, 4.69) is 48.6 Å². The number of hydrogen-bond donors (Lipinski definition) is 2. The number of anilines is 2. The van der Waals surface area contributed by atoms with Gasteiger partial charge in [-0.3, -0.25) is 4.79 Å². The average molecular weight is 499 g/mol. The van der Waals surface area contributed by atoms with Gasteiger partial charge < -0.3 is 11.1 Å². The van der Waals surface area contributed by atoms with Crippen LogP contribution in [0.1, 0.15) is 68.2 Å². The van der Waals surface area contributed by atoms with Crippen LogP contribution in [0.2, 0.25) is 0 Å². The maximum atomic E-state index is 13.3. The summed E-state index contributed by atoms with van der Waals surface area (Å²) in [6.45, 7) is 2.26. The maximum absolute atomic E-state index is 13.3. The lowest BCUT2D eigenvalue weighted by Gasteiger charge is -2.22. The van der Waals surface area contributed by atoms with Gasteiger partial charge in [0.1, 0.15) is 20.8 Å². The van der Waals surface area contributed by atoms with E-state index in [1.165, 1.54) is 38.7 Å². The molecule has 7 heteroatoms. The molecule has 2 aliphatic carbocycles. The molecule has 0 saturated carbocycles. The molecule has 2 atom stereocenters. The Bertz CT molecular complexity index is 1500. The number of hydrogen-bond acceptors (Lipinski definition) is 6. The first-order valence-corrected chi connectivity index (χ1v) is 13.8. The van der Waals surface area contributed by atoms with Crippen LogP contribution in [-0.4, -0.2) is 10.9 Å². The second-order valence-corrected chi connectivity index (χ2v) is 11.9.